The lowest BCUT2D eigenvalue weighted by atomic mass is 9.96. The van der Waals surface area contributed by atoms with Gasteiger partial charge >= 0.3 is 0 Å². The average molecular weight is 423 g/mol. The van der Waals surface area contributed by atoms with E-state index in [2.05, 4.69) is 34.1 Å². The number of hydrogen-bond acceptors (Lipinski definition) is 4. The summed E-state index contributed by atoms with van der Waals surface area (Å²) in [4.78, 5) is 6.76. The molecule has 0 spiro atoms. The van der Waals surface area contributed by atoms with E-state index in [1.807, 2.05) is 13.0 Å². The van der Waals surface area contributed by atoms with Crippen molar-refractivity contribution in [2.45, 2.75) is 58.9 Å². The third-order valence-corrected chi connectivity index (χ3v) is 6.09. The molecule has 0 amide bonds. The van der Waals surface area contributed by atoms with E-state index in [1.165, 1.54) is 11.8 Å². The molecule has 0 atom stereocenters. The monoisotopic (exact) mass is 422 g/mol. The number of aromatic nitrogens is 3. The molecule has 3 heterocycles. The Hall–Kier alpha value is -2.89. The SMILES string of the molecule is C=C(Cn1nc(-c2ccc(F)c(C)c2)cc1CCC)N1CCC(c2ncc(C)o2)CC1. The molecule has 0 saturated carbocycles. The minimum absolute atomic E-state index is 0.186. The predicted octanol–water partition coefficient (Wildman–Crippen LogP) is 5.64. The number of oxazole rings is 1. The minimum Gasteiger partial charge on any atom is -0.446 e. The third kappa shape index (κ3) is 4.73. The molecular weight excluding hydrogens is 391 g/mol. The molecule has 2 aromatic heterocycles. The van der Waals surface area contributed by atoms with Crippen molar-refractivity contribution < 1.29 is 8.81 Å². The van der Waals surface area contributed by atoms with Gasteiger partial charge in [0.1, 0.15) is 11.6 Å². The highest BCUT2D eigenvalue weighted by molar-refractivity contribution is 5.60. The van der Waals surface area contributed by atoms with E-state index in [-0.39, 0.29) is 5.82 Å². The summed E-state index contributed by atoms with van der Waals surface area (Å²) in [7, 11) is 0. The Bertz CT molecular complexity index is 1060. The van der Waals surface area contributed by atoms with Crippen LogP contribution in [0, 0.1) is 19.7 Å². The fraction of sp³-hybridized carbons (Fsp3) is 0.440. The molecule has 0 unspecified atom stereocenters. The highest BCUT2D eigenvalue weighted by Gasteiger charge is 2.25. The van der Waals surface area contributed by atoms with Gasteiger partial charge in [-0.2, -0.15) is 5.10 Å². The summed E-state index contributed by atoms with van der Waals surface area (Å²) in [5, 5.41) is 4.85. The zero-order chi connectivity index (χ0) is 22.0. The Morgan fingerprint density at radius 1 is 1.23 bits per heavy atom. The number of rotatable bonds is 7. The van der Waals surface area contributed by atoms with Gasteiger partial charge in [0.05, 0.1) is 18.4 Å². The number of benzene rings is 1. The van der Waals surface area contributed by atoms with Gasteiger partial charge in [0.2, 0.25) is 0 Å². The second-order valence-corrected chi connectivity index (χ2v) is 8.53. The first-order valence-corrected chi connectivity index (χ1v) is 11.1. The summed E-state index contributed by atoms with van der Waals surface area (Å²) in [6.07, 6.45) is 5.82. The lowest BCUT2D eigenvalue weighted by molar-refractivity contribution is 0.233. The van der Waals surface area contributed by atoms with Crippen LogP contribution in [0.1, 0.15) is 55.0 Å². The lowest BCUT2D eigenvalue weighted by Crippen LogP contribution is -2.33. The molecule has 1 aliphatic heterocycles. The van der Waals surface area contributed by atoms with E-state index in [4.69, 9.17) is 9.52 Å². The van der Waals surface area contributed by atoms with E-state index in [0.717, 1.165) is 67.4 Å². The number of piperidine rings is 1. The fourth-order valence-electron chi connectivity index (χ4n) is 4.27. The topological polar surface area (TPSA) is 47.1 Å². The fourth-order valence-corrected chi connectivity index (χ4v) is 4.27. The van der Waals surface area contributed by atoms with Crippen molar-refractivity contribution in [2.24, 2.45) is 0 Å². The van der Waals surface area contributed by atoms with Crippen LogP contribution in [-0.4, -0.2) is 32.8 Å². The molecule has 1 fully saturated rings. The molecule has 1 aliphatic rings. The largest absolute Gasteiger partial charge is 0.446 e. The molecule has 0 aliphatic carbocycles. The number of halogens is 1. The Labute approximate surface area is 183 Å². The second kappa shape index (κ2) is 9.08. The first-order chi connectivity index (χ1) is 14.9. The summed E-state index contributed by atoms with van der Waals surface area (Å²) in [5.41, 5.74) is 4.73. The van der Waals surface area contributed by atoms with Crippen LogP contribution in [0.25, 0.3) is 11.3 Å². The molecule has 3 aromatic rings. The molecule has 1 aromatic carbocycles. The Morgan fingerprint density at radius 3 is 2.65 bits per heavy atom. The predicted molar refractivity (Wildman–Crippen MR) is 120 cm³/mol. The number of likely N-dealkylation sites (tertiary alicyclic amines) is 1. The zero-order valence-electron chi connectivity index (χ0n) is 18.7. The van der Waals surface area contributed by atoms with E-state index in [1.54, 1.807) is 19.2 Å². The quantitative estimate of drug-likeness (QED) is 0.494. The molecule has 0 bridgehead atoms. The van der Waals surface area contributed by atoms with Crippen LogP contribution in [0.3, 0.4) is 0 Å². The first kappa shape index (κ1) is 21.3. The maximum absolute atomic E-state index is 13.7. The summed E-state index contributed by atoms with van der Waals surface area (Å²) in [5.74, 6) is 1.93. The van der Waals surface area contributed by atoms with Gasteiger partial charge in [0.15, 0.2) is 5.89 Å². The van der Waals surface area contributed by atoms with Crippen LogP contribution in [0.2, 0.25) is 0 Å². The van der Waals surface area contributed by atoms with Crippen molar-refractivity contribution >= 4 is 0 Å². The molecule has 0 N–H and O–H groups in total. The highest BCUT2D eigenvalue weighted by atomic mass is 19.1. The van der Waals surface area contributed by atoms with Gasteiger partial charge in [0, 0.05) is 36.0 Å². The van der Waals surface area contributed by atoms with Crippen molar-refractivity contribution in [1.29, 1.82) is 0 Å². The normalized spacial score (nSPS) is 14.9. The van der Waals surface area contributed by atoms with Crippen LogP contribution in [-0.2, 0) is 13.0 Å². The molecular formula is C25H31FN4O. The molecule has 0 radical (unpaired) electrons. The number of allylic oxidation sites excluding steroid dienone is 1. The maximum Gasteiger partial charge on any atom is 0.197 e. The molecule has 31 heavy (non-hydrogen) atoms. The van der Waals surface area contributed by atoms with Crippen molar-refractivity contribution in [3.8, 4) is 11.3 Å². The lowest BCUT2D eigenvalue weighted by Gasteiger charge is -2.33. The molecule has 164 valence electrons. The van der Waals surface area contributed by atoms with E-state index < -0.39 is 0 Å². The van der Waals surface area contributed by atoms with Crippen LogP contribution in [0.4, 0.5) is 4.39 Å². The number of nitrogens with zero attached hydrogens (tertiary/aromatic N) is 4. The van der Waals surface area contributed by atoms with Crippen molar-refractivity contribution in [1.82, 2.24) is 19.7 Å². The zero-order valence-corrected chi connectivity index (χ0v) is 18.7. The van der Waals surface area contributed by atoms with Gasteiger partial charge in [-0.05, 0) is 62.9 Å². The Morgan fingerprint density at radius 2 is 2.00 bits per heavy atom. The second-order valence-electron chi connectivity index (χ2n) is 8.53. The number of aryl methyl sites for hydroxylation is 3. The average Bonchev–Trinajstić information content (AvgIpc) is 3.37. The molecule has 5 nitrogen and oxygen atoms in total. The molecule has 4 rings (SSSR count). The van der Waals surface area contributed by atoms with Crippen molar-refractivity contribution in [3.05, 3.63) is 71.5 Å². The van der Waals surface area contributed by atoms with E-state index >= 15 is 0 Å². The van der Waals surface area contributed by atoms with Crippen molar-refractivity contribution in [2.75, 3.05) is 13.1 Å². The van der Waals surface area contributed by atoms with Gasteiger partial charge in [-0.1, -0.05) is 19.9 Å². The summed E-state index contributed by atoms with van der Waals surface area (Å²) >= 11 is 0. The summed E-state index contributed by atoms with van der Waals surface area (Å²) < 4.78 is 21.5. The smallest absolute Gasteiger partial charge is 0.197 e. The molecule has 1 saturated heterocycles. The van der Waals surface area contributed by atoms with Crippen LogP contribution >= 0.6 is 0 Å². The van der Waals surface area contributed by atoms with Crippen LogP contribution < -0.4 is 0 Å². The maximum atomic E-state index is 13.7. The van der Waals surface area contributed by atoms with Gasteiger partial charge in [-0.15, -0.1) is 0 Å². The standard InChI is InChI=1S/C25H31FN4O/c1-5-6-22-14-24(21-7-8-23(26)17(2)13-21)28-30(22)16-18(3)29-11-9-20(10-12-29)25-27-15-19(4)31-25/h7-8,13-15,20H,3,5-6,9-12,16H2,1-2,4H3. The highest BCUT2D eigenvalue weighted by Crippen LogP contribution is 2.29. The van der Waals surface area contributed by atoms with Crippen LogP contribution in [0.5, 0.6) is 0 Å². The Balaban J connectivity index is 1.45. The van der Waals surface area contributed by atoms with Gasteiger partial charge in [-0.25, -0.2) is 9.37 Å². The van der Waals surface area contributed by atoms with E-state index in [0.29, 0.717) is 18.0 Å². The van der Waals surface area contributed by atoms with Gasteiger partial charge in [-0.3, -0.25) is 4.68 Å². The van der Waals surface area contributed by atoms with Crippen LogP contribution in [0.15, 0.2) is 47.2 Å². The first-order valence-electron chi connectivity index (χ1n) is 11.1. The Kier molecular flexibility index (Phi) is 6.25. The number of hydrogen-bond donors (Lipinski definition) is 0. The summed E-state index contributed by atoms with van der Waals surface area (Å²) in [6, 6.07) is 7.30. The van der Waals surface area contributed by atoms with E-state index in [9.17, 15) is 4.39 Å². The van der Waals surface area contributed by atoms with Gasteiger partial charge in [0.25, 0.3) is 0 Å². The molecule has 6 heteroatoms. The minimum atomic E-state index is -0.186. The van der Waals surface area contributed by atoms with Gasteiger partial charge < -0.3 is 9.32 Å². The summed E-state index contributed by atoms with van der Waals surface area (Å²) in [6.45, 7) is 12.8. The third-order valence-electron chi connectivity index (χ3n) is 6.09. The van der Waals surface area contributed by atoms with Crippen molar-refractivity contribution in [3.63, 3.8) is 0 Å².